The van der Waals surface area contributed by atoms with Gasteiger partial charge in [0.1, 0.15) is 5.75 Å². The first-order chi connectivity index (χ1) is 14.5. The molecule has 1 N–H and O–H groups in total. The fourth-order valence-corrected chi connectivity index (χ4v) is 3.58. The van der Waals surface area contributed by atoms with E-state index in [1.807, 2.05) is 19.1 Å². The third-order valence-electron chi connectivity index (χ3n) is 5.61. The second-order valence-corrected chi connectivity index (χ2v) is 11.5. The van der Waals surface area contributed by atoms with Crippen LogP contribution in [0.15, 0.2) is 23.3 Å². The van der Waals surface area contributed by atoms with E-state index in [1.165, 1.54) is 0 Å². The summed E-state index contributed by atoms with van der Waals surface area (Å²) in [6, 6.07) is 5.94. The maximum Gasteiger partial charge on any atom is 0.340 e. The average Bonchev–Trinajstić information content (AvgIpc) is 2.96. The Bertz CT molecular complexity index is 1030. The van der Waals surface area contributed by atoms with Crippen molar-refractivity contribution in [3.63, 3.8) is 0 Å². The number of benzene rings is 1. The van der Waals surface area contributed by atoms with Crippen molar-refractivity contribution in [2.45, 2.75) is 92.4 Å². The SMILES string of the molecule is CCOC(=O)c1cc(C(C)(C)C)n(/N=C/c2cc(C(C)(C)C)cc(C(C)(C)C)c2O)c1C.[CH3-].[Ni]. The molecule has 34 heavy (non-hydrogen) atoms. The second-order valence-electron chi connectivity index (χ2n) is 11.5. The quantitative estimate of drug-likeness (QED) is 0.209. The largest absolute Gasteiger partial charge is 0.507 e. The van der Waals surface area contributed by atoms with Crippen LogP contribution in [0.1, 0.15) is 108 Å². The van der Waals surface area contributed by atoms with E-state index >= 15 is 0 Å². The third-order valence-corrected chi connectivity index (χ3v) is 5.61. The summed E-state index contributed by atoms with van der Waals surface area (Å²) in [7, 11) is 0. The molecule has 0 saturated heterocycles. The Morgan fingerprint density at radius 3 is 2.00 bits per heavy atom. The standard InChI is InChI=1S/C27H40N2O3.CH3.Ni/c1-12-32-24(31)20-15-22(27(9,10)11)29(17(20)2)28-16-18-13-19(25(3,4)5)14-21(23(18)30)26(6,7)8;;/h13-16,30H,12H2,1-11H3;1H3;/q;-1;/b28-16+;;. The van der Waals surface area contributed by atoms with Crippen molar-refractivity contribution < 1.29 is 31.1 Å². The number of phenols is 1. The van der Waals surface area contributed by atoms with Crippen LogP contribution in [0.3, 0.4) is 0 Å². The van der Waals surface area contributed by atoms with E-state index in [-0.39, 0.29) is 51.9 Å². The molecule has 6 heteroatoms. The fourth-order valence-electron chi connectivity index (χ4n) is 3.58. The first kappa shape index (κ1) is 31.9. The van der Waals surface area contributed by atoms with Crippen molar-refractivity contribution in [1.82, 2.24) is 4.68 Å². The first-order valence-electron chi connectivity index (χ1n) is 11.3. The zero-order valence-electron chi connectivity index (χ0n) is 23.0. The molecule has 0 bridgehead atoms. The molecule has 0 unspecified atom stereocenters. The first-order valence-corrected chi connectivity index (χ1v) is 11.3. The van der Waals surface area contributed by atoms with Crippen LogP contribution in [0, 0.1) is 14.4 Å². The molecule has 0 spiro atoms. The summed E-state index contributed by atoms with van der Waals surface area (Å²) < 4.78 is 7.02. The van der Waals surface area contributed by atoms with Gasteiger partial charge in [0.2, 0.25) is 0 Å². The van der Waals surface area contributed by atoms with Gasteiger partial charge in [-0.25, -0.2) is 9.47 Å². The molecule has 0 fully saturated rings. The van der Waals surface area contributed by atoms with Gasteiger partial charge in [0.25, 0.3) is 0 Å². The Balaban J connectivity index is 0.00000544. The fraction of sp³-hybridized carbons (Fsp3) is 0.536. The van der Waals surface area contributed by atoms with Gasteiger partial charge >= 0.3 is 5.97 Å². The van der Waals surface area contributed by atoms with Gasteiger partial charge in [-0.3, -0.25) is 0 Å². The Hall–Kier alpha value is -2.07. The molecule has 1 heterocycles. The molecule has 0 amide bonds. The van der Waals surface area contributed by atoms with E-state index in [2.05, 4.69) is 68.4 Å². The van der Waals surface area contributed by atoms with Crippen LogP contribution in [-0.4, -0.2) is 28.6 Å². The number of hydrogen-bond donors (Lipinski definition) is 1. The van der Waals surface area contributed by atoms with Crippen LogP contribution >= 0.6 is 0 Å². The van der Waals surface area contributed by atoms with Gasteiger partial charge in [0.05, 0.1) is 24.1 Å². The summed E-state index contributed by atoms with van der Waals surface area (Å²) in [5.41, 5.74) is 4.28. The molecule has 2 aromatic rings. The topological polar surface area (TPSA) is 63.8 Å². The molecule has 0 atom stereocenters. The monoisotopic (exact) mass is 513 g/mol. The summed E-state index contributed by atoms with van der Waals surface area (Å²) >= 11 is 0. The van der Waals surface area contributed by atoms with E-state index < -0.39 is 0 Å². The summed E-state index contributed by atoms with van der Waals surface area (Å²) in [5.74, 6) is -0.112. The number of carbonyl (C=O) groups is 1. The molecule has 1 aromatic carbocycles. The van der Waals surface area contributed by atoms with Crippen molar-refractivity contribution in [3.8, 4) is 5.75 Å². The molecular weight excluding hydrogens is 471 g/mol. The van der Waals surface area contributed by atoms with Gasteiger partial charge in [0.15, 0.2) is 0 Å². The zero-order valence-corrected chi connectivity index (χ0v) is 24.0. The molecule has 0 radical (unpaired) electrons. The van der Waals surface area contributed by atoms with Gasteiger partial charge in [-0.1, -0.05) is 68.4 Å². The van der Waals surface area contributed by atoms with E-state index in [0.717, 1.165) is 16.8 Å². The molecule has 5 nitrogen and oxygen atoms in total. The average molecular weight is 514 g/mol. The maximum absolute atomic E-state index is 12.5. The Morgan fingerprint density at radius 2 is 1.56 bits per heavy atom. The number of ether oxygens (including phenoxy) is 1. The Morgan fingerprint density at radius 1 is 1.00 bits per heavy atom. The van der Waals surface area contributed by atoms with E-state index in [0.29, 0.717) is 23.4 Å². The number of esters is 1. The Kier molecular flexibility index (Phi) is 10.4. The summed E-state index contributed by atoms with van der Waals surface area (Å²) in [5, 5.41) is 15.8. The molecule has 0 aliphatic rings. The minimum absolute atomic E-state index is 0. The van der Waals surface area contributed by atoms with Crippen LogP contribution in [0.5, 0.6) is 5.75 Å². The number of aromatic nitrogens is 1. The second kappa shape index (κ2) is 11.1. The third kappa shape index (κ3) is 6.98. The van der Waals surface area contributed by atoms with Crippen molar-refractivity contribution in [3.05, 3.63) is 59.3 Å². The van der Waals surface area contributed by atoms with Crippen molar-refractivity contribution in [2.75, 3.05) is 6.61 Å². The number of aromatic hydroxyl groups is 1. The molecule has 2 rings (SSSR count). The molecule has 1 aromatic heterocycles. The smallest absolute Gasteiger partial charge is 0.340 e. The van der Waals surface area contributed by atoms with Gasteiger partial charge in [-0.05, 0) is 42.4 Å². The minimum atomic E-state index is -0.350. The summed E-state index contributed by atoms with van der Waals surface area (Å²) in [6.45, 7) is 23.0. The number of nitrogens with zero attached hydrogens (tertiary/aromatic N) is 2. The van der Waals surface area contributed by atoms with E-state index in [9.17, 15) is 9.90 Å². The molecule has 194 valence electrons. The predicted octanol–water partition coefficient (Wildman–Crippen LogP) is 6.90. The van der Waals surface area contributed by atoms with E-state index in [1.54, 1.807) is 17.8 Å². The number of rotatable bonds is 4. The molecule has 0 aliphatic carbocycles. The minimum Gasteiger partial charge on any atom is -0.507 e. The van der Waals surface area contributed by atoms with Crippen LogP contribution in [-0.2, 0) is 37.5 Å². The normalized spacial score (nSPS) is 12.3. The van der Waals surface area contributed by atoms with Crippen molar-refractivity contribution >= 4 is 12.2 Å². The van der Waals surface area contributed by atoms with Crippen LogP contribution < -0.4 is 0 Å². The Labute approximate surface area is 216 Å². The summed E-state index contributed by atoms with van der Waals surface area (Å²) in [4.78, 5) is 12.5. The molecule has 0 saturated carbocycles. The van der Waals surface area contributed by atoms with Gasteiger partial charge < -0.3 is 17.3 Å². The number of carbonyl (C=O) groups excluding carboxylic acids is 1. The molecule has 0 aliphatic heterocycles. The van der Waals surface area contributed by atoms with Crippen LogP contribution in [0.4, 0.5) is 0 Å². The van der Waals surface area contributed by atoms with Gasteiger partial charge in [0, 0.05) is 38.7 Å². The van der Waals surface area contributed by atoms with Crippen molar-refractivity contribution in [1.29, 1.82) is 0 Å². The molecular formula is C28H43N2NiO3-. The van der Waals surface area contributed by atoms with Gasteiger partial charge in [-0.2, -0.15) is 5.10 Å². The number of phenolic OH excluding ortho intramolecular Hbond substituents is 1. The van der Waals surface area contributed by atoms with Gasteiger partial charge in [-0.15, -0.1) is 0 Å². The maximum atomic E-state index is 12.5. The summed E-state index contributed by atoms with van der Waals surface area (Å²) in [6.07, 6.45) is 1.69. The van der Waals surface area contributed by atoms with E-state index in [4.69, 9.17) is 9.84 Å². The zero-order chi connectivity index (χ0) is 24.6. The van der Waals surface area contributed by atoms with Crippen LogP contribution in [0.25, 0.3) is 0 Å². The number of hydrogen-bond acceptors (Lipinski definition) is 4. The van der Waals surface area contributed by atoms with Crippen molar-refractivity contribution in [2.24, 2.45) is 5.10 Å². The predicted molar refractivity (Wildman–Crippen MR) is 139 cm³/mol. The van der Waals surface area contributed by atoms with Crippen LogP contribution in [0.2, 0.25) is 0 Å².